The monoisotopic (exact) mass is 230 g/mol. The number of hydrogen-bond acceptors (Lipinski definition) is 2. The van der Waals surface area contributed by atoms with Gasteiger partial charge in [0.25, 0.3) is 0 Å². The second-order valence-corrected chi connectivity index (χ2v) is 5.29. The Hall–Kier alpha value is -1.56. The lowest BCUT2D eigenvalue weighted by atomic mass is 10.0. The van der Waals surface area contributed by atoms with E-state index in [9.17, 15) is 4.39 Å². The van der Waals surface area contributed by atoms with Crippen molar-refractivity contribution < 1.29 is 4.39 Å². The summed E-state index contributed by atoms with van der Waals surface area (Å²) in [5, 5.41) is 12.3. The van der Waals surface area contributed by atoms with E-state index >= 15 is 0 Å². The summed E-state index contributed by atoms with van der Waals surface area (Å²) in [4.78, 5) is 0. The molecule has 2 nitrogen and oxygen atoms in total. The van der Waals surface area contributed by atoms with Gasteiger partial charge in [-0.1, -0.05) is 0 Å². The van der Waals surface area contributed by atoms with Crippen molar-refractivity contribution in [2.75, 3.05) is 11.9 Å². The third-order valence-electron chi connectivity index (χ3n) is 4.07. The van der Waals surface area contributed by atoms with Gasteiger partial charge in [-0.15, -0.1) is 0 Å². The first-order valence-electron chi connectivity index (χ1n) is 6.17. The summed E-state index contributed by atoms with van der Waals surface area (Å²) in [5.74, 6) is 0.538. The molecule has 0 radical (unpaired) electrons. The van der Waals surface area contributed by atoms with Crippen molar-refractivity contribution in [3.8, 4) is 6.07 Å². The first kappa shape index (κ1) is 10.6. The van der Waals surface area contributed by atoms with E-state index in [0.717, 1.165) is 18.2 Å². The maximum atomic E-state index is 13.0. The molecular weight excluding hydrogens is 215 g/mol. The molecule has 3 rings (SSSR count). The summed E-state index contributed by atoms with van der Waals surface area (Å²) in [6.07, 6.45) is 5.31. The number of nitriles is 1. The van der Waals surface area contributed by atoms with E-state index in [4.69, 9.17) is 5.26 Å². The van der Waals surface area contributed by atoms with Crippen molar-refractivity contribution in [1.82, 2.24) is 0 Å². The van der Waals surface area contributed by atoms with Crippen LogP contribution in [0.1, 0.15) is 31.2 Å². The van der Waals surface area contributed by atoms with Crippen LogP contribution in [0.15, 0.2) is 18.2 Å². The smallest absolute Gasteiger partial charge is 0.124 e. The number of anilines is 1. The molecule has 0 saturated heterocycles. The lowest BCUT2D eigenvalue weighted by Crippen LogP contribution is -2.17. The van der Waals surface area contributed by atoms with E-state index in [-0.39, 0.29) is 5.82 Å². The third-order valence-corrected chi connectivity index (χ3v) is 4.07. The molecule has 2 fully saturated rings. The van der Waals surface area contributed by atoms with Gasteiger partial charge in [-0.05, 0) is 55.2 Å². The lowest BCUT2D eigenvalue weighted by Gasteiger charge is -2.16. The van der Waals surface area contributed by atoms with E-state index in [1.165, 1.54) is 37.8 Å². The first-order valence-corrected chi connectivity index (χ1v) is 6.17. The standard InChI is InChI=1S/C14H15FN2/c15-12-3-4-13(10(7-12)8-16)17-9-14(5-6-14)11-1-2-11/h3-4,7,11,17H,1-2,5-6,9H2. The van der Waals surface area contributed by atoms with Gasteiger partial charge in [0, 0.05) is 6.54 Å². The van der Waals surface area contributed by atoms with Gasteiger partial charge in [-0.3, -0.25) is 0 Å². The highest BCUT2D eigenvalue weighted by atomic mass is 19.1. The van der Waals surface area contributed by atoms with Crippen molar-refractivity contribution in [2.24, 2.45) is 11.3 Å². The van der Waals surface area contributed by atoms with Crippen LogP contribution in [0.2, 0.25) is 0 Å². The van der Waals surface area contributed by atoms with E-state index < -0.39 is 0 Å². The van der Waals surface area contributed by atoms with Crippen LogP contribution in [0, 0.1) is 28.5 Å². The highest BCUT2D eigenvalue weighted by Crippen LogP contribution is 2.61. The van der Waals surface area contributed by atoms with Crippen molar-refractivity contribution >= 4 is 5.69 Å². The Labute approximate surface area is 100 Å². The van der Waals surface area contributed by atoms with Crippen molar-refractivity contribution in [3.05, 3.63) is 29.6 Å². The maximum Gasteiger partial charge on any atom is 0.124 e. The summed E-state index contributed by atoms with van der Waals surface area (Å²) >= 11 is 0. The molecular formula is C14H15FN2. The van der Waals surface area contributed by atoms with Crippen LogP contribution >= 0.6 is 0 Å². The number of nitrogens with zero attached hydrogens (tertiary/aromatic N) is 1. The van der Waals surface area contributed by atoms with Crippen molar-refractivity contribution in [1.29, 1.82) is 5.26 Å². The molecule has 0 aromatic heterocycles. The van der Waals surface area contributed by atoms with E-state index in [1.807, 2.05) is 6.07 Å². The zero-order valence-electron chi connectivity index (χ0n) is 9.67. The van der Waals surface area contributed by atoms with Crippen LogP contribution in [-0.2, 0) is 0 Å². The fraction of sp³-hybridized carbons (Fsp3) is 0.500. The molecule has 2 saturated carbocycles. The molecule has 2 aliphatic carbocycles. The van der Waals surface area contributed by atoms with Crippen LogP contribution in [0.3, 0.4) is 0 Å². The topological polar surface area (TPSA) is 35.8 Å². The Morgan fingerprint density at radius 3 is 2.76 bits per heavy atom. The summed E-state index contributed by atoms with van der Waals surface area (Å²) in [5.41, 5.74) is 1.65. The molecule has 0 atom stereocenters. The molecule has 0 unspecified atom stereocenters. The molecule has 17 heavy (non-hydrogen) atoms. The number of nitrogens with one attached hydrogen (secondary N) is 1. The Bertz CT molecular complexity index is 481. The number of rotatable bonds is 4. The van der Waals surface area contributed by atoms with Gasteiger partial charge in [0.15, 0.2) is 0 Å². The van der Waals surface area contributed by atoms with Gasteiger partial charge in [0.1, 0.15) is 11.9 Å². The van der Waals surface area contributed by atoms with Gasteiger partial charge in [0.2, 0.25) is 0 Å². The predicted octanol–water partition coefficient (Wildman–Crippen LogP) is 3.30. The minimum atomic E-state index is -0.351. The molecule has 0 amide bonds. The number of hydrogen-bond donors (Lipinski definition) is 1. The Kier molecular flexibility index (Phi) is 2.32. The molecule has 0 spiro atoms. The average Bonchev–Trinajstić information content (AvgIpc) is 3.18. The summed E-state index contributed by atoms with van der Waals surface area (Å²) in [6.45, 7) is 0.929. The van der Waals surface area contributed by atoms with Crippen LogP contribution in [0.25, 0.3) is 0 Å². The normalized spacial score (nSPS) is 20.7. The van der Waals surface area contributed by atoms with Gasteiger partial charge in [0.05, 0.1) is 11.3 Å². The third kappa shape index (κ3) is 2.00. The maximum absolute atomic E-state index is 13.0. The quantitative estimate of drug-likeness (QED) is 0.861. The van der Waals surface area contributed by atoms with Crippen LogP contribution < -0.4 is 5.32 Å². The minimum absolute atomic E-state index is 0.351. The van der Waals surface area contributed by atoms with E-state index in [1.54, 1.807) is 6.07 Å². The summed E-state index contributed by atoms with van der Waals surface area (Å²) in [7, 11) is 0. The Balaban J connectivity index is 1.71. The molecule has 1 aromatic carbocycles. The molecule has 1 N–H and O–H groups in total. The van der Waals surface area contributed by atoms with Gasteiger partial charge in [-0.2, -0.15) is 5.26 Å². The van der Waals surface area contributed by atoms with Crippen molar-refractivity contribution in [2.45, 2.75) is 25.7 Å². The van der Waals surface area contributed by atoms with Gasteiger partial charge in [-0.25, -0.2) is 4.39 Å². The van der Waals surface area contributed by atoms with E-state index in [2.05, 4.69) is 5.32 Å². The molecule has 3 heteroatoms. The number of benzene rings is 1. The van der Waals surface area contributed by atoms with Crippen LogP contribution in [0.5, 0.6) is 0 Å². The average molecular weight is 230 g/mol. The zero-order valence-corrected chi connectivity index (χ0v) is 9.67. The predicted molar refractivity (Wildman–Crippen MR) is 64.0 cm³/mol. The molecule has 0 heterocycles. The zero-order chi connectivity index (χ0) is 11.9. The van der Waals surface area contributed by atoms with Crippen molar-refractivity contribution in [3.63, 3.8) is 0 Å². The van der Waals surface area contributed by atoms with Gasteiger partial charge < -0.3 is 5.32 Å². The first-order chi connectivity index (χ1) is 8.23. The van der Waals surface area contributed by atoms with Crippen LogP contribution in [-0.4, -0.2) is 6.54 Å². The molecule has 1 aromatic rings. The lowest BCUT2D eigenvalue weighted by molar-refractivity contribution is 0.467. The number of halogens is 1. The van der Waals surface area contributed by atoms with E-state index in [0.29, 0.717) is 11.0 Å². The summed E-state index contributed by atoms with van der Waals surface area (Å²) in [6, 6.07) is 6.39. The molecule has 0 aliphatic heterocycles. The van der Waals surface area contributed by atoms with Gasteiger partial charge >= 0.3 is 0 Å². The molecule has 88 valence electrons. The highest BCUT2D eigenvalue weighted by Gasteiger charge is 2.53. The molecule has 0 bridgehead atoms. The Morgan fingerprint density at radius 1 is 1.41 bits per heavy atom. The fourth-order valence-corrected chi connectivity index (χ4v) is 2.62. The van der Waals surface area contributed by atoms with Crippen LogP contribution in [0.4, 0.5) is 10.1 Å². The minimum Gasteiger partial charge on any atom is -0.383 e. The molecule has 2 aliphatic rings. The second kappa shape index (κ2) is 3.73. The highest BCUT2D eigenvalue weighted by molar-refractivity contribution is 5.57. The largest absolute Gasteiger partial charge is 0.383 e. The second-order valence-electron chi connectivity index (χ2n) is 5.29. The Morgan fingerprint density at radius 2 is 2.18 bits per heavy atom. The fourth-order valence-electron chi connectivity index (χ4n) is 2.62. The summed E-state index contributed by atoms with van der Waals surface area (Å²) < 4.78 is 13.0. The SMILES string of the molecule is N#Cc1cc(F)ccc1NCC1(C2CC2)CC1.